The lowest BCUT2D eigenvalue weighted by Crippen LogP contribution is -2.41. The van der Waals surface area contributed by atoms with Gasteiger partial charge in [0.2, 0.25) is 11.1 Å². The van der Waals surface area contributed by atoms with Gasteiger partial charge in [0.15, 0.2) is 0 Å². The average molecular weight is 298 g/mol. The van der Waals surface area contributed by atoms with Crippen LogP contribution in [-0.4, -0.2) is 44.0 Å². The molecule has 20 heavy (non-hydrogen) atoms. The zero-order chi connectivity index (χ0) is 15.1. The van der Waals surface area contributed by atoms with Gasteiger partial charge in [0, 0.05) is 12.7 Å². The standard InChI is InChI=1S/C12H18N4O3S/c1-4-8-9(5-2)15-16-12(14-8)20-6-10(11(18)19)13-7(3)17/h10H,4-6H2,1-3H3,(H,13,17)(H,18,19)/t10-/m0/s1. The largest absolute Gasteiger partial charge is 0.480 e. The monoisotopic (exact) mass is 298 g/mol. The van der Waals surface area contributed by atoms with Crippen LogP contribution >= 0.6 is 11.8 Å². The summed E-state index contributed by atoms with van der Waals surface area (Å²) < 4.78 is 0. The minimum atomic E-state index is -1.08. The lowest BCUT2D eigenvalue weighted by molar-refractivity contribution is -0.140. The van der Waals surface area contributed by atoms with Crippen molar-refractivity contribution in [3.05, 3.63) is 11.4 Å². The number of carbonyl (C=O) groups excluding carboxylic acids is 1. The number of hydrogen-bond donors (Lipinski definition) is 2. The van der Waals surface area contributed by atoms with Gasteiger partial charge in [-0.05, 0) is 12.8 Å². The van der Waals surface area contributed by atoms with E-state index in [1.165, 1.54) is 18.7 Å². The smallest absolute Gasteiger partial charge is 0.327 e. The summed E-state index contributed by atoms with van der Waals surface area (Å²) in [6, 6.07) is -0.961. The molecule has 0 spiro atoms. The highest BCUT2D eigenvalue weighted by molar-refractivity contribution is 7.99. The molecule has 0 aliphatic heterocycles. The fraction of sp³-hybridized carbons (Fsp3) is 0.583. The van der Waals surface area contributed by atoms with Crippen LogP contribution in [-0.2, 0) is 22.4 Å². The number of aromatic nitrogens is 3. The van der Waals surface area contributed by atoms with E-state index in [1.54, 1.807) is 0 Å². The van der Waals surface area contributed by atoms with E-state index in [4.69, 9.17) is 5.11 Å². The first-order valence-corrected chi connectivity index (χ1v) is 7.31. The van der Waals surface area contributed by atoms with Gasteiger partial charge in [0.1, 0.15) is 6.04 Å². The number of nitrogens with one attached hydrogen (secondary N) is 1. The highest BCUT2D eigenvalue weighted by atomic mass is 32.2. The van der Waals surface area contributed by atoms with Crippen LogP contribution in [0.5, 0.6) is 0 Å². The maximum Gasteiger partial charge on any atom is 0.327 e. The molecule has 0 aliphatic rings. The second kappa shape index (κ2) is 7.78. The summed E-state index contributed by atoms with van der Waals surface area (Å²) in [5.41, 5.74) is 1.73. The molecule has 0 bridgehead atoms. The number of aliphatic carboxylic acids is 1. The summed E-state index contributed by atoms with van der Waals surface area (Å²) in [5.74, 6) is -1.31. The highest BCUT2D eigenvalue weighted by Crippen LogP contribution is 2.15. The number of thioether (sulfide) groups is 1. The molecule has 110 valence electrons. The molecule has 2 N–H and O–H groups in total. The summed E-state index contributed by atoms with van der Waals surface area (Å²) in [6.45, 7) is 5.24. The van der Waals surface area contributed by atoms with Crippen LogP contribution < -0.4 is 5.32 Å². The second-order valence-corrected chi connectivity index (χ2v) is 5.08. The third kappa shape index (κ3) is 4.76. The van der Waals surface area contributed by atoms with Crippen LogP contribution in [0.2, 0.25) is 0 Å². The van der Waals surface area contributed by atoms with Gasteiger partial charge in [-0.15, -0.1) is 5.10 Å². The number of carbonyl (C=O) groups is 2. The van der Waals surface area contributed by atoms with Crippen LogP contribution in [0.1, 0.15) is 32.2 Å². The molecule has 1 atom stereocenters. The van der Waals surface area contributed by atoms with Gasteiger partial charge in [-0.3, -0.25) is 4.79 Å². The van der Waals surface area contributed by atoms with E-state index in [9.17, 15) is 9.59 Å². The SMILES string of the molecule is CCc1nnc(SC[C@H](NC(C)=O)C(=O)O)nc1CC. The number of hydrogen-bond acceptors (Lipinski definition) is 6. The quantitative estimate of drug-likeness (QED) is 0.713. The predicted molar refractivity (Wildman–Crippen MR) is 74.5 cm³/mol. The summed E-state index contributed by atoms with van der Waals surface area (Å²) in [4.78, 5) is 26.3. The second-order valence-electron chi connectivity index (χ2n) is 4.10. The molecule has 0 radical (unpaired) electrons. The molecular formula is C12H18N4O3S. The van der Waals surface area contributed by atoms with E-state index in [2.05, 4.69) is 20.5 Å². The fourth-order valence-electron chi connectivity index (χ4n) is 1.56. The van der Waals surface area contributed by atoms with E-state index in [-0.39, 0.29) is 11.7 Å². The van der Waals surface area contributed by atoms with Gasteiger partial charge < -0.3 is 10.4 Å². The van der Waals surface area contributed by atoms with Crippen LogP contribution in [0.15, 0.2) is 5.16 Å². The van der Waals surface area contributed by atoms with Crippen molar-refractivity contribution in [2.24, 2.45) is 0 Å². The zero-order valence-electron chi connectivity index (χ0n) is 11.7. The molecule has 8 heteroatoms. The van der Waals surface area contributed by atoms with Crippen molar-refractivity contribution in [1.82, 2.24) is 20.5 Å². The molecular weight excluding hydrogens is 280 g/mol. The first-order valence-electron chi connectivity index (χ1n) is 6.33. The third-order valence-electron chi connectivity index (χ3n) is 2.54. The van der Waals surface area contributed by atoms with Gasteiger partial charge >= 0.3 is 5.97 Å². The molecule has 0 fully saturated rings. The summed E-state index contributed by atoms with van der Waals surface area (Å²) in [7, 11) is 0. The molecule has 1 heterocycles. The Hall–Kier alpha value is -1.70. The Bertz CT molecular complexity index is 496. The van der Waals surface area contributed by atoms with E-state index < -0.39 is 12.0 Å². The Morgan fingerprint density at radius 2 is 1.90 bits per heavy atom. The van der Waals surface area contributed by atoms with Crippen molar-refractivity contribution in [1.29, 1.82) is 0 Å². The molecule has 0 aliphatic carbocycles. The fourth-order valence-corrected chi connectivity index (χ4v) is 2.38. The summed E-state index contributed by atoms with van der Waals surface area (Å²) in [6.07, 6.45) is 1.51. The first-order chi connectivity index (χ1) is 9.47. The zero-order valence-corrected chi connectivity index (χ0v) is 12.5. The molecule has 0 saturated carbocycles. The molecule has 1 aromatic heterocycles. The Labute approximate surface area is 121 Å². The molecule has 1 rings (SSSR count). The molecule has 0 saturated heterocycles. The van der Waals surface area contributed by atoms with Crippen molar-refractivity contribution < 1.29 is 14.7 Å². The van der Waals surface area contributed by atoms with Gasteiger partial charge in [-0.2, -0.15) is 5.10 Å². The van der Waals surface area contributed by atoms with Crippen molar-refractivity contribution in [2.75, 3.05) is 5.75 Å². The highest BCUT2D eigenvalue weighted by Gasteiger charge is 2.19. The van der Waals surface area contributed by atoms with Crippen molar-refractivity contribution in [3.8, 4) is 0 Å². The molecule has 7 nitrogen and oxygen atoms in total. The minimum absolute atomic E-state index is 0.158. The molecule has 1 aromatic rings. The topological polar surface area (TPSA) is 105 Å². The lowest BCUT2D eigenvalue weighted by atomic mass is 10.2. The number of rotatable bonds is 7. The Morgan fingerprint density at radius 1 is 1.25 bits per heavy atom. The van der Waals surface area contributed by atoms with Crippen LogP contribution in [0.4, 0.5) is 0 Å². The Balaban J connectivity index is 2.72. The third-order valence-corrected chi connectivity index (χ3v) is 3.48. The van der Waals surface area contributed by atoms with E-state index in [0.717, 1.165) is 24.2 Å². The van der Waals surface area contributed by atoms with Gasteiger partial charge in [-0.1, -0.05) is 25.6 Å². The lowest BCUT2D eigenvalue weighted by Gasteiger charge is -2.12. The van der Waals surface area contributed by atoms with Gasteiger partial charge in [0.05, 0.1) is 11.4 Å². The molecule has 0 unspecified atom stereocenters. The molecule has 1 amide bonds. The molecule has 0 aromatic carbocycles. The van der Waals surface area contributed by atoms with Crippen molar-refractivity contribution in [3.63, 3.8) is 0 Å². The summed E-state index contributed by atoms with van der Waals surface area (Å²) >= 11 is 1.17. The Morgan fingerprint density at radius 3 is 2.40 bits per heavy atom. The van der Waals surface area contributed by atoms with Crippen molar-refractivity contribution >= 4 is 23.6 Å². The number of carboxylic acids is 1. The number of amides is 1. The maximum atomic E-state index is 11.0. The predicted octanol–water partition coefficient (Wildman–Crippen LogP) is 0.678. The minimum Gasteiger partial charge on any atom is -0.480 e. The first kappa shape index (κ1) is 16.4. The number of aryl methyl sites for hydroxylation is 2. The maximum absolute atomic E-state index is 11.0. The van der Waals surface area contributed by atoms with E-state index in [0.29, 0.717) is 5.16 Å². The van der Waals surface area contributed by atoms with Crippen LogP contribution in [0.25, 0.3) is 0 Å². The van der Waals surface area contributed by atoms with Gasteiger partial charge in [-0.25, -0.2) is 9.78 Å². The van der Waals surface area contributed by atoms with E-state index >= 15 is 0 Å². The van der Waals surface area contributed by atoms with Crippen molar-refractivity contribution in [2.45, 2.75) is 44.8 Å². The summed E-state index contributed by atoms with van der Waals surface area (Å²) in [5, 5.41) is 19.8. The Kier molecular flexibility index (Phi) is 6.37. The van der Waals surface area contributed by atoms with Gasteiger partial charge in [0.25, 0.3) is 0 Å². The van der Waals surface area contributed by atoms with E-state index in [1.807, 2.05) is 13.8 Å². The number of carboxylic acid groups (broad SMARTS) is 1. The normalized spacial score (nSPS) is 11.9. The van der Waals surface area contributed by atoms with Crippen LogP contribution in [0.3, 0.4) is 0 Å². The average Bonchev–Trinajstić information content (AvgIpc) is 2.42. The number of nitrogens with zero attached hydrogens (tertiary/aromatic N) is 3. The van der Waals surface area contributed by atoms with Crippen LogP contribution in [0, 0.1) is 0 Å².